The van der Waals surface area contributed by atoms with E-state index in [1.165, 1.54) is 4.88 Å². The molecule has 2 rings (SSSR count). The average molecular weight is 324 g/mol. The van der Waals surface area contributed by atoms with Crippen LogP contribution < -0.4 is 0 Å². The third-order valence-corrected chi connectivity index (χ3v) is 5.09. The van der Waals surface area contributed by atoms with E-state index in [4.69, 9.17) is 4.74 Å². The second kappa shape index (κ2) is 7.72. The lowest BCUT2D eigenvalue weighted by Crippen LogP contribution is -2.42. The first-order valence-corrected chi connectivity index (χ1v) is 8.70. The monoisotopic (exact) mass is 324 g/mol. The van der Waals surface area contributed by atoms with Crippen LogP contribution >= 0.6 is 11.3 Å². The van der Waals surface area contributed by atoms with Crippen LogP contribution in [0.2, 0.25) is 0 Å². The highest BCUT2D eigenvalue weighted by Gasteiger charge is 2.29. The van der Waals surface area contributed by atoms with Crippen LogP contribution in [0.1, 0.15) is 41.8 Å². The van der Waals surface area contributed by atoms with Crippen molar-refractivity contribution in [3.05, 3.63) is 15.6 Å². The molecule has 1 aliphatic rings. The Morgan fingerprint density at radius 3 is 2.82 bits per heavy atom. The predicted molar refractivity (Wildman–Crippen MR) is 85.8 cm³/mol. The molecule has 0 N–H and O–H groups in total. The number of likely N-dealkylation sites (tertiary alicyclic amines) is 1. The minimum absolute atomic E-state index is 0.124. The van der Waals surface area contributed by atoms with Crippen LogP contribution in [0.5, 0.6) is 0 Å². The van der Waals surface area contributed by atoms with Crippen LogP contribution in [0.25, 0.3) is 0 Å². The summed E-state index contributed by atoms with van der Waals surface area (Å²) >= 11 is 1.66. The first kappa shape index (κ1) is 16.9. The van der Waals surface area contributed by atoms with E-state index in [1.54, 1.807) is 11.3 Å². The SMILES string of the molecule is CCOC(=O)C1CCCN(C(=O)CCc2sc(C)nc2C)C1. The van der Waals surface area contributed by atoms with Gasteiger partial charge in [-0.15, -0.1) is 11.3 Å². The van der Waals surface area contributed by atoms with E-state index in [2.05, 4.69) is 4.98 Å². The first-order valence-electron chi connectivity index (χ1n) is 7.88. The number of piperidine rings is 1. The highest BCUT2D eigenvalue weighted by molar-refractivity contribution is 7.11. The number of rotatable bonds is 5. The molecule has 0 radical (unpaired) electrons. The fourth-order valence-electron chi connectivity index (χ4n) is 2.84. The summed E-state index contributed by atoms with van der Waals surface area (Å²) in [6.07, 6.45) is 2.90. The van der Waals surface area contributed by atoms with Crippen LogP contribution in [-0.2, 0) is 20.7 Å². The van der Waals surface area contributed by atoms with Crippen molar-refractivity contribution in [2.45, 2.75) is 46.5 Å². The summed E-state index contributed by atoms with van der Waals surface area (Å²) in [5, 5.41) is 1.04. The number of esters is 1. The Hall–Kier alpha value is -1.43. The zero-order chi connectivity index (χ0) is 16.1. The number of thiazole rings is 1. The zero-order valence-corrected chi connectivity index (χ0v) is 14.4. The van der Waals surface area contributed by atoms with Crippen molar-refractivity contribution in [2.75, 3.05) is 19.7 Å². The summed E-state index contributed by atoms with van der Waals surface area (Å²) in [5.74, 6) is -0.210. The van der Waals surface area contributed by atoms with Gasteiger partial charge in [0.2, 0.25) is 5.91 Å². The molecule has 1 amide bonds. The maximum atomic E-state index is 12.4. The summed E-state index contributed by atoms with van der Waals surface area (Å²) in [6.45, 7) is 7.42. The lowest BCUT2D eigenvalue weighted by molar-refractivity contribution is -0.151. The van der Waals surface area contributed by atoms with Crippen molar-refractivity contribution < 1.29 is 14.3 Å². The molecule has 1 atom stereocenters. The number of aryl methyl sites for hydroxylation is 3. The summed E-state index contributed by atoms with van der Waals surface area (Å²) in [6, 6.07) is 0. The fourth-order valence-corrected chi connectivity index (χ4v) is 3.78. The maximum Gasteiger partial charge on any atom is 0.310 e. The number of nitrogens with zero attached hydrogens (tertiary/aromatic N) is 2. The van der Waals surface area contributed by atoms with E-state index in [0.29, 0.717) is 19.6 Å². The predicted octanol–water partition coefficient (Wildman–Crippen LogP) is 2.49. The van der Waals surface area contributed by atoms with Gasteiger partial charge in [-0.2, -0.15) is 0 Å². The molecule has 1 aromatic rings. The third kappa shape index (κ3) is 4.29. The molecule has 0 aromatic carbocycles. The van der Waals surface area contributed by atoms with Crippen molar-refractivity contribution in [1.82, 2.24) is 9.88 Å². The minimum atomic E-state index is -0.172. The van der Waals surface area contributed by atoms with Crippen LogP contribution in [0, 0.1) is 19.8 Å². The van der Waals surface area contributed by atoms with E-state index in [0.717, 1.165) is 36.5 Å². The largest absolute Gasteiger partial charge is 0.466 e. The van der Waals surface area contributed by atoms with Gasteiger partial charge in [0.25, 0.3) is 0 Å². The zero-order valence-electron chi connectivity index (χ0n) is 13.6. The quantitative estimate of drug-likeness (QED) is 0.781. The van der Waals surface area contributed by atoms with Crippen molar-refractivity contribution in [2.24, 2.45) is 5.92 Å². The topological polar surface area (TPSA) is 59.5 Å². The lowest BCUT2D eigenvalue weighted by Gasteiger charge is -2.31. The fraction of sp³-hybridized carbons (Fsp3) is 0.688. The van der Waals surface area contributed by atoms with Crippen molar-refractivity contribution in [3.63, 3.8) is 0 Å². The number of amides is 1. The van der Waals surface area contributed by atoms with E-state index in [-0.39, 0.29) is 17.8 Å². The molecule has 0 bridgehead atoms. The Morgan fingerprint density at radius 2 is 2.18 bits per heavy atom. The van der Waals surface area contributed by atoms with Gasteiger partial charge in [-0.05, 0) is 40.0 Å². The summed E-state index contributed by atoms with van der Waals surface area (Å²) < 4.78 is 5.07. The normalized spacial score (nSPS) is 18.3. The van der Waals surface area contributed by atoms with Crippen LogP contribution in [0.15, 0.2) is 0 Å². The summed E-state index contributed by atoms with van der Waals surface area (Å²) in [7, 11) is 0. The molecule has 2 heterocycles. The van der Waals surface area contributed by atoms with Crippen LogP contribution in [0.3, 0.4) is 0 Å². The Bertz CT molecular complexity index is 541. The van der Waals surface area contributed by atoms with Gasteiger partial charge in [0.15, 0.2) is 0 Å². The number of ether oxygens (including phenoxy) is 1. The van der Waals surface area contributed by atoms with E-state index in [9.17, 15) is 9.59 Å². The number of hydrogen-bond acceptors (Lipinski definition) is 5. The second-order valence-electron chi connectivity index (χ2n) is 5.67. The molecule has 22 heavy (non-hydrogen) atoms. The Labute approximate surface area is 135 Å². The molecule has 6 heteroatoms. The van der Waals surface area contributed by atoms with Gasteiger partial charge in [-0.1, -0.05) is 0 Å². The van der Waals surface area contributed by atoms with Gasteiger partial charge in [-0.3, -0.25) is 9.59 Å². The van der Waals surface area contributed by atoms with E-state index in [1.807, 2.05) is 25.7 Å². The standard InChI is InChI=1S/C16H24N2O3S/c1-4-21-16(20)13-6-5-9-18(10-13)15(19)8-7-14-11(2)17-12(3)22-14/h13H,4-10H2,1-3H3. The molecule has 0 spiro atoms. The Kier molecular flexibility index (Phi) is 5.94. The summed E-state index contributed by atoms with van der Waals surface area (Å²) in [4.78, 5) is 31.6. The van der Waals surface area contributed by atoms with Gasteiger partial charge >= 0.3 is 5.97 Å². The number of aromatic nitrogens is 1. The van der Waals surface area contributed by atoms with Crippen molar-refractivity contribution >= 4 is 23.2 Å². The Balaban J connectivity index is 1.86. The highest BCUT2D eigenvalue weighted by Crippen LogP contribution is 2.21. The van der Waals surface area contributed by atoms with Crippen LogP contribution in [-0.4, -0.2) is 41.5 Å². The van der Waals surface area contributed by atoms with Crippen molar-refractivity contribution in [3.8, 4) is 0 Å². The first-order chi connectivity index (χ1) is 10.5. The summed E-state index contributed by atoms with van der Waals surface area (Å²) in [5.41, 5.74) is 1.03. The van der Waals surface area contributed by atoms with Gasteiger partial charge in [0.05, 0.1) is 23.2 Å². The molecule has 1 aromatic heterocycles. The molecule has 0 aliphatic carbocycles. The highest BCUT2D eigenvalue weighted by atomic mass is 32.1. The van der Waals surface area contributed by atoms with E-state index < -0.39 is 0 Å². The third-order valence-electron chi connectivity index (χ3n) is 3.96. The minimum Gasteiger partial charge on any atom is -0.466 e. The Morgan fingerprint density at radius 1 is 1.41 bits per heavy atom. The number of carbonyl (C=O) groups excluding carboxylic acids is 2. The van der Waals surface area contributed by atoms with Gasteiger partial charge < -0.3 is 9.64 Å². The molecule has 122 valence electrons. The molecular weight excluding hydrogens is 300 g/mol. The maximum absolute atomic E-state index is 12.4. The molecular formula is C16H24N2O3S. The van der Waals surface area contributed by atoms with Gasteiger partial charge in [0.1, 0.15) is 0 Å². The van der Waals surface area contributed by atoms with Crippen molar-refractivity contribution in [1.29, 1.82) is 0 Å². The molecule has 0 saturated carbocycles. The van der Waals surface area contributed by atoms with Crippen LogP contribution in [0.4, 0.5) is 0 Å². The number of carbonyl (C=O) groups is 2. The van der Waals surface area contributed by atoms with Gasteiger partial charge in [0, 0.05) is 24.4 Å². The molecule has 1 unspecified atom stereocenters. The van der Waals surface area contributed by atoms with E-state index >= 15 is 0 Å². The molecule has 5 nitrogen and oxygen atoms in total. The lowest BCUT2D eigenvalue weighted by atomic mass is 9.98. The second-order valence-corrected chi connectivity index (χ2v) is 6.96. The average Bonchev–Trinajstić information content (AvgIpc) is 2.83. The van der Waals surface area contributed by atoms with Gasteiger partial charge in [-0.25, -0.2) is 4.98 Å². The number of hydrogen-bond donors (Lipinski definition) is 0. The smallest absolute Gasteiger partial charge is 0.310 e. The molecule has 1 aliphatic heterocycles. The molecule has 1 fully saturated rings. The molecule has 1 saturated heterocycles.